The van der Waals surface area contributed by atoms with Crippen LogP contribution in [0.1, 0.15) is 38.7 Å². The number of hydrogen-bond donors (Lipinski definition) is 1. The number of para-hydroxylation sites is 1. The van der Waals surface area contributed by atoms with Gasteiger partial charge in [-0.2, -0.15) is 0 Å². The van der Waals surface area contributed by atoms with Crippen molar-refractivity contribution in [3.05, 3.63) is 35.9 Å². The maximum absolute atomic E-state index is 5.92. The minimum absolute atomic E-state index is 0.211. The van der Waals surface area contributed by atoms with Crippen LogP contribution >= 0.6 is 0 Å². The van der Waals surface area contributed by atoms with Gasteiger partial charge in [-0.05, 0) is 44.7 Å². The maximum atomic E-state index is 5.92. The second-order valence-electron chi connectivity index (χ2n) is 4.93. The Balaban J connectivity index is 2.25. The molecule has 2 N–H and O–H groups in total. The van der Waals surface area contributed by atoms with Crippen molar-refractivity contribution < 1.29 is 4.74 Å². The van der Waals surface area contributed by atoms with Crippen molar-refractivity contribution in [2.24, 2.45) is 5.73 Å². The van der Waals surface area contributed by atoms with Crippen LogP contribution in [0, 0.1) is 0 Å². The van der Waals surface area contributed by atoms with E-state index >= 15 is 0 Å². The van der Waals surface area contributed by atoms with Gasteiger partial charge in [0.15, 0.2) is 0 Å². The zero-order valence-electron chi connectivity index (χ0n) is 10.6. The third-order valence-electron chi connectivity index (χ3n) is 3.05. The van der Waals surface area contributed by atoms with Gasteiger partial charge in [0.05, 0.1) is 6.10 Å². The van der Waals surface area contributed by atoms with E-state index in [1.165, 1.54) is 11.1 Å². The topological polar surface area (TPSA) is 35.2 Å². The smallest absolute Gasteiger partial charge is 0.127 e. The predicted octanol–water partition coefficient (Wildman–Crippen LogP) is 3.37. The largest absolute Gasteiger partial charge is 0.490 e. The standard InChI is InChI=1S/C15H21NO/c1-11(2)17-15-6-4-3-5-14(15)12-7-9-13(16)10-8-12/h3-7,11,13H,8-10,16H2,1-2H3. The molecule has 0 fully saturated rings. The van der Waals surface area contributed by atoms with E-state index in [0.717, 1.165) is 25.0 Å². The Bertz CT molecular complexity index is 409. The number of nitrogens with two attached hydrogens (primary N) is 1. The highest BCUT2D eigenvalue weighted by molar-refractivity contribution is 5.71. The van der Waals surface area contributed by atoms with Gasteiger partial charge in [-0.3, -0.25) is 0 Å². The molecule has 2 rings (SSSR count). The van der Waals surface area contributed by atoms with Crippen LogP contribution in [0.2, 0.25) is 0 Å². The molecule has 0 aliphatic heterocycles. The van der Waals surface area contributed by atoms with Crippen LogP contribution in [-0.2, 0) is 0 Å². The third kappa shape index (κ3) is 3.10. The molecule has 1 aromatic carbocycles. The molecule has 17 heavy (non-hydrogen) atoms. The Labute approximate surface area is 103 Å². The molecule has 92 valence electrons. The van der Waals surface area contributed by atoms with Gasteiger partial charge in [-0.1, -0.05) is 24.3 Å². The number of ether oxygens (including phenoxy) is 1. The molecule has 1 atom stereocenters. The van der Waals surface area contributed by atoms with E-state index in [9.17, 15) is 0 Å². The van der Waals surface area contributed by atoms with Crippen molar-refractivity contribution in [1.82, 2.24) is 0 Å². The van der Waals surface area contributed by atoms with Crippen molar-refractivity contribution in [3.63, 3.8) is 0 Å². The molecule has 0 saturated carbocycles. The normalized spacial score (nSPS) is 20.2. The molecule has 1 unspecified atom stereocenters. The Hall–Kier alpha value is -1.28. The molecule has 1 aliphatic rings. The molecule has 0 bridgehead atoms. The second kappa shape index (κ2) is 5.37. The molecule has 2 heteroatoms. The SMILES string of the molecule is CC(C)Oc1ccccc1C1=CCC(N)CC1. The van der Waals surface area contributed by atoms with Crippen LogP contribution < -0.4 is 10.5 Å². The lowest BCUT2D eigenvalue weighted by Gasteiger charge is -2.21. The van der Waals surface area contributed by atoms with Gasteiger partial charge in [0.1, 0.15) is 5.75 Å². The molecule has 0 amide bonds. The Kier molecular flexibility index (Phi) is 3.85. The van der Waals surface area contributed by atoms with Crippen LogP contribution in [0.5, 0.6) is 5.75 Å². The first-order chi connectivity index (χ1) is 8.16. The predicted molar refractivity (Wildman–Crippen MR) is 72.0 cm³/mol. The molecule has 0 radical (unpaired) electrons. The minimum atomic E-state index is 0.211. The second-order valence-corrected chi connectivity index (χ2v) is 4.93. The molecule has 0 heterocycles. The van der Waals surface area contributed by atoms with Gasteiger partial charge in [0.2, 0.25) is 0 Å². The van der Waals surface area contributed by atoms with E-state index < -0.39 is 0 Å². The summed E-state index contributed by atoms with van der Waals surface area (Å²) >= 11 is 0. The van der Waals surface area contributed by atoms with Crippen molar-refractivity contribution in [2.45, 2.75) is 45.3 Å². The Morgan fingerprint density at radius 2 is 2.06 bits per heavy atom. The van der Waals surface area contributed by atoms with E-state index in [-0.39, 0.29) is 6.10 Å². The average Bonchev–Trinajstić information content (AvgIpc) is 2.30. The van der Waals surface area contributed by atoms with Gasteiger partial charge in [-0.25, -0.2) is 0 Å². The van der Waals surface area contributed by atoms with Crippen LogP contribution in [0.15, 0.2) is 30.3 Å². The number of benzene rings is 1. The van der Waals surface area contributed by atoms with E-state index in [1.54, 1.807) is 0 Å². The molecule has 2 nitrogen and oxygen atoms in total. The summed E-state index contributed by atoms with van der Waals surface area (Å²) < 4.78 is 5.85. The molecule has 0 aromatic heterocycles. The van der Waals surface area contributed by atoms with E-state index in [0.29, 0.717) is 6.04 Å². The summed E-state index contributed by atoms with van der Waals surface area (Å²) in [4.78, 5) is 0. The first-order valence-corrected chi connectivity index (χ1v) is 6.37. The third-order valence-corrected chi connectivity index (χ3v) is 3.05. The van der Waals surface area contributed by atoms with Crippen molar-refractivity contribution in [1.29, 1.82) is 0 Å². The fourth-order valence-electron chi connectivity index (χ4n) is 2.19. The van der Waals surface area contributed by atoms with Crippen molar-refractivity contribution in [3.8, 4) is 5.75 Å². The monoisotopic (exact) mass is 231 g/mol. The van der Waals surface area contributed by atoms with Crippen LogP contribution in [0.25, 0.3) is 5.57 Å². The van der Waals surface area contributed by atoms with Crippen LogP contribution in [0.3, 0.4) is 0 Å². The van der Waals surface area contributed by atoms with E-state index in [1.807, 2.05) is 12.1 Å². The number of hydrogen-bond acceptors (Lipinski definition) is 2. The molecular weight excluding hydrogens is 210 g/mol. The highest BCUT2D eigenvalue weighted by Crippen LogP contribution is 2.32. The fraction of sp³-hybridized carbons (Fsp3) is 0.467. The summed E-state index contributed by atoms with van der Waals surface area (Å²) in [6.07, 6.45) is 5.58. The highest BCUT2D eigenvalue weighted by Gasteiger charge is 2.15. The molecule has 1 aliphatic carbocycles. The molecule has 0 saturated heterocycles. The van der Waals surface area contributed by atoms with E-state index in [2.05, 4.69) is 32.1 Å². The average molecular weight is 231 g/mol. The zero-order valence-corrected chi connectivity index (χ0v) is 10.6. The van der Waals surface area contributed by atoms with E-state index in [4.69, 9.17) is 10.5 Å². The Morgan fingerprint density at radius 1 is 1.29 bits per heavy atom. The first kappa shape index (κ1) is 12.2. The van der Waals surface area contributed by atoms with Gasteiger partial charge >= 0.3 is 0 Å². The minimum Gasteiger partial charge on any atom is -0.490 e. The number of allylic oxidation sites excluding steroid dienone is 1. The summed E-state index contributed by atoms with van der Waals surface area (Å²) in [7, 11) is 0. The maximum Gasteiger partial charge on any atom is 0.127 e. The Morgan fingerprint density at radius 3 is 2.71 bits per heavy atom. The zero-order chi connectivity index (χ0) is 12.3. The number of rotatable bonds is 3. The van der Waals surface area contributed by atoms with Gasteiger partial charge in [-0.15, -0.1) is 0 Å². The molecule has 0 spiro atoms. The lowest BCUT2D eigenvalue weighted by atomic mass is 9.91. The molecule has 1 aromatic rings. The van der Waals surface area contributed by atoms with Crippen molar-refractivity contribution in [2.75, 3.05) is 0 Å². The van der Waals surface area contributed by atoms with Gasteiger partial charge < -0.3 is 10.5 Å². The summed E-state index contributed by atoms with van der Waals surface area (Å²) in [5, 5.41) is 0. The van der Waals surface area contributed by atoms with Gasteiger partial charge in [0.25, 0.3) is 0 Å². The summed E-state index contributed by atoms with van der Waals surface area (Å²) in [5.41, 5.74) is 8.53. The first-order valence-electron chi connectivity index (χ1n) is 6.37. The van der Waals surface area contributed by atoms with Gasteiger partial charge in [0, 0.05) is 11.6 Å². The highest BCUT2D eigenvalue weighted by atomic mass is 16.5. The molecular formula is C15H21NO. The summed E-state index contributed by atoms with van der Waals surface area (Å²) in [5.74, 6) is 0.990. The summed E-state index contributed by atoms with van der Waals surface area (Å²) in [6, 6.07) is 8.61. The van der Waals surface area contributed by atoms with Crippen LogP contribution in [-0.4, -0.2) is 12.1 Å². The van der Waals surface area contributed by atoms with Crippen LogP contribution in [0.4, 0.5) is 0 Å². The lowest BCUT2D eigenvalue weighted by Crippen LogP contribution is -2.21. The van der Waals surface area contributed by atoms with Crippen molar-refractivity contribution >= 4 is 5.57 Å². The summed E-state index contributed by atoms with van der Waals surface area (Å²) in [6.45, 7) is 4.11. The lowest BCUT2D eigenvalue weighted by molar-refractivity contribution is 0.241. The quantitative estimate of drug-likeness (QED) is 0.865. The fourth-order valence-corrected chi connectivity index (χ4v) is 2.19.